The number of aromatic nitrogens is 2. The van der Waals surface area contributed by atoms with Crippen LogP contribution in [0.1, 0.15) is 23.2 Å². The zero-order valence-electron chi connectivity index (χ0n) is 23.6. The van der Waals surface area contributed by atoms with Crippen molar-refractivity contribution in [3.05, 3.63) is 83.9 Å². The average Bonchev–Trinajstić information content (AvgIpc) is 3.39. The van der Waals surface area contributed by atoms with Gasteiger partial charge in [-0.3, -0.25) is 19.5 Å². The largest absolute Gasteiger partial charge is 0.354 e. The highest BCUT2D eigenvalue weighted by Gasteiger charge is 2.16. The van der Waals surface area contributed by atoms with E-state index < -0.39 is 0 Å². The van der Waals surface area contributed by atoms with Crippen LogP contribution in [0, 0.1) is 0 Å². The van der Waals surface area contributed by atoms with Gasteiger partial charge in [0.05, 0.1) is 21.9 Å². The first-order chi connectivity index (χ1) is 20.2. The summed E-state index contributed by atoms with van der Waals surface area (Å²) in [6.07, 6.45) is 2.22. The van der Waals surface area contributed by atoms with E-state index in [0.29, 0.717) is 40.4 Å². The number of hydrogen-bond acceptors (Lipinski definition) is 6. The van der Waals surface area contributed by atoms with Crippen molar-refractivity contribution in [2.75, 3.05) is 44.4 Å². The lowest BCUT2D eigenvalue weighted by molar-refractivity contribution is -0.117. The van der Waals surface area contributed by atoms with Gasteiger partial charge in [-0.2, -0.15) is 5.10 Å². The van der Waals surface area contributed by atoms with Crippen molar-refractivity contribution in [1.82, 2.24) is 25.7 Å². The summed E-state index contributed by atoms with van der Waals surface area (Å²) in [4.78, 5) is 39.2. The molecule has 5 N–H and O–H groups in total. The van der Waals surface area contributed by atoms with Crippen molar-refractivity contribution < 1.29 is 14.4 Å². The zero-order chi connectivity index (χ0) is 30.1. The topological polar surface area (TPSA) is 131 Å². The second kappa shape index (κ2) is 14.3. The highest BCUT2D eigenvalue weighted by atomic mass is 35.5. The number of aromatic amines is 1. The Morgan fingerprint density at radius 2 is 1.79 bits per heavy atom. The lowest BCUT2D eigenvalue weighted by atomic mass is 10.0. The minimum Gasteiger partial charge on any atom is -0.354 e. The Labute approximate surface area is 249 Å². The van der Waals surface area contributed by atoms with E-state index in [1.165, 1.54) is 6.08 Å². The summed E-state index contributed by atoms with van der Waals surface area (Å²) in [5.41, 5.74) is 4.51. The smallest absolute Gasteiger partial charge is 0.251 e. The van der Waals surface area contributed by atoms with Crippen molar-refractivity contribution in [3.8, 4) is 11.3 Å². The first-order valence-electron chi connectivity index (χ1n) is 13.5. The molecule has 0 saturated carbocycles. The minimum atomic E-state index is -0.348. The molecule has 0 unspecified atom stereocenters. The number of fused-ring (bicyclic) bond motifs is 1. The van der Waals surface area contributed by atoms with Gasteiger partial charge in [0, 0.05) is 47.4 Å². The van der Waals surface area contributed by atoms with Gasteiger partial charge in [-0.25, -0.2) is 0 Å². The molecule has 42 heavy (non-hydrogen) atoms. The summed E-state index contributed by atoms with van der Waals surface area (Å²) in [5.74, 6) is -0.810. The number of hydrogen-bond donors (Lipinski definition) is 5. The van der Waals surface area contributed by atoms with Crippen LogP contribution in [-0.2, 0) is 9.59 Å². The fraction of sp³-hybridized carbons (Fsp3) is 0.226. The van der Waals surface area contributed by atoms with Crippen LogP contribution < -0.4 is 21.3 Å². The molecule has 0 radical (unpaired) electrons. The standard InChI is InChI=1S/C31H34ClN7O3/c1-4-28(40)33-13-14-34-31(42)21-16-20(17-23(18-21)36-29(41)10-7-15-39(2)3)30-24-12-11-22(19-27(24)37-38-30)35-26-9-6-5-8-25(26)32/h4-6,8-9,11-12,16-19,35H,1,7,10,13-15H2,2-3H3,(H,33,40)(H,34,42)(H,36,41)(H,37,38). The van der Waals surface area contributed by atoms with Crippen LogP contribution >= 0.6 is 11.6 Å². The van der Waals surface area contributed by atoms with Crippen molar-refractivity contribution in [1.29, 1.82) is 0 Å². The predicted molar refractivity (Wildman–Crippen MR) is 168 cm³/mol. The lowest BCUT2D eigenvalue weighted by Crippen LogP contribution is -2.34. The molecule has 3 amide bonds. The third kappa shape index (κ3) is 8.18. The van der Waals surface area contributed by atoms with E-state index in [-0.39, 0.29) is 30.8 Å². The molecular formula is C31H34ClN7O3. The predicted octanol–water partition coefficient (Wildman–Crippen LogP) is 4.94. The number of para-hydroxylation sites is 1. The number of rotatable bonds is 13. The molecule has 0 aliphatic heterocycles. The van der Waals surface area contributed by atoms with Gasteiger partial charge >= 0.3 is 0 Å². The summed E-state index contributed by atoms with van der Waals surface area (Å²) in [6, 6.07) is 18.4. The van der Waals surface area contributed by atoms with E-state index in [1.807, 2.05) is 61.5 Å². The first-order valence-corrected chi connectivity index (χ1v) is 13.9. The fourth-order valence-corrected chi connectivity index (χ4v) is 4.50. The molecule has 3 aromatic carbocycles. The van der Waals surface area contributed by atoms with Crippen LogP contribution in [-0.4, -0.2) is 66.5 Å². The molecule has 0 aliphatic carbocycles. The van der Waals surface area contributed by atoms with E-state index in [4.69, 9.17) is 11.6 Å². The Morgan fingerprint density at radius 3 is 2.55 bits per heavy atom. The minimum absolute atomic E-state index is 0.144. The van der Waals surface area contributed by atoms with Crippen LogP contribution in [0.5, 0.6) is 0 Å². The van der Waals surface area contributed by atoms with Crippen molar-refractivity contribution in [3.63, 3.8) is 0 Å². The number of anilines is 3. The van der Waals surface area contributed by atoms with Gasteiger partial charge in [0.25, 0.3) is 5.91 Å². The van der Waals surface area contributed by atoms with Gasteiger partial charge in [0.1, 0.15) is 0 Å². The lowest BCUT2D eigenvalue weighted by Gasteiger charge is -2.12. The molecule has 0 saturated heterocycles. The number of benzene rings is 3. The zero-order valence-corrected chi connectivity index (χ0v) is 24.3. The van der Waals surface area contributed by atoms with Gasteiger partial charge in [0.2, 0.25) is 11.8 Å². The molecule has 0 bridgehead atoms. The Bertz CT molecular complexity index is 1600. The van der Waals surface area contributed by atoms with Crippen LogP contribution in [0.25, 0.3) is 22.2 Å². The second-order valence-corrected chi connectivity index (χ2v) is 10.3. The highest BCUT2D eigenvalue weighted by molar-refractivity contribution is 6.33. The maximum Gasteiger partial charge on any atom is 0.251 e. The molecule has 11 heteroatoms. The third-order valence-corrected chi connectivity index (χ3v) is 6.70. The quantitative estimate of drug-likeness (QED) is 0.111. The maximum atomic E-state index is 13.1. The van der Waals surface area contributed by atoms with E-state index in [9.17, 15) is 14.4 Å². The molecule has 10 nitrogen and oxygen atoms in total. The van der Waals surface area contributed by atoms with Crippen LogP contribution in [0.15, 0.2) is 73.3 Å². The number of nitrogens with one attached hydrogen (secondary N) is 5. The van der Waals surface area contributed by atoms with Gasteiger partial charge in [-0.05, 0) is 81.7 Å². The monoisotopic (exact) mass is 587 g/mol. The summed E-state index contributed by atoms with van der Waals surface area (Å²) in [7, 11) is 3.91. The molecule has 4 aromatic rings. The summed E-state index contributed by atoms with van der Waals surface area (Å²) < 4.78 is 0. The van der Waals surface area contributed by atoms with Gasteiger partial charge in [-0.15, -0.1) is 0 Å². The van der Waals surface area contributed by atoms with Crippen molar-refractivity contribution in [2.45, 2.75) is 12.8 Å². The second-order valence-electron chi connectivity index (χ2n) is 9.94. The molecule has 4 rings (SSSR count). The van der Waals surface area contributed by atoms with E-state index in [2.05, 4.69) is 38.0 Å². The molecule has 0 spiro atoms. The molecule has 0 fully saturated rings. The van der Waals surface area contributed by atoms with E-state index in [0.717, 1.165) is 28.8 Å². The molecule has 1 aromatic heterocycles. The molecule has 1 heterocycles. The van der Waals surface area contributed by atoms with E-state index in [1.54, 1.807) is 18.2 Å². The number of amides is 3. The number of carbonyl (C=O) groups excluding carboxylic acids is 3. The highest BCUT2D eigenvalue weighted by Crippen LogP contribution is 2.32. The molecular weight excluding hydrogens is 554 g/mol. The van der Waals surface area contributed by atoms with Gasteiger partial charge in [-0.1, -0.05) is 30.3 Å². The Balaban J connectivity index is 1.59. The summed E-state index contributed by atoms with van der Waals surface area (Å²) in [6.45, 7) is 4.67. The summed E-state index contributed by atoms with van der Waals surface area (Å²) >= 11 is 6.30. The number of carbonyl (C=O) groups is 3. The molecule has 0 atom stereocenters. The third-order valence-electron chi connectivity index (χ3n) is 6.37. The maximum absolute atomic E-state index is 13.1. The van der Waals surface area contributed by atoms with Crippen LogP contribution in [0.2, 0.25) is 5.02 Å². The normalized spacial score (nSPS) is 10.9. The SMILES string of the molecule is C=CC(=O)NCCNC(=O)c1cc(NC(=O)CCCN(C)C)cc(-c2n[nH]c3cc(Nc4ccccc4Cl)ccc23)c1. The average molecular weight is 588 g/mol. The first kappa shape index (κ1) is 30.3. The molecule has 0 aliphatic rings. The Hall–Kier alpha value is -4.67. The Morgan fingerprint density at radius 1 is 1.00 bits per heavy atom. The number of nitrogens with zero attached hydrogens (tertiary/aromatic N) is 2. The van der Waals surface area contributed by atoms with E-state index >= 15 is 0 Å². The van der Waals surface area contributed by atoms with Gasteiger partial charge in [0.15, 0.2) is 0 Å². The van der Waals surface area contributed by atoms with Gasteiger partial charge < -0.3 is 26.2 Å². The number of H-pyrrole nitrogens is 1. The summed E-state index contributed by atoms with van der Waals surface area (Å²) in [5, 5.41) is 20.7. The van der Waals surface area contributed by atoms with Crippen LogP contribution in [0.3, 0.4) is 0 Å². The van der Waals surface area contributed by atoms with Crippen molar-refractivity contribution in [2.24, 2.45) is 0 Å². The van der Waals surface area contributed by atoms with Crippen LogP contribution in [0.4, 0.5) is 17.1 Å². The van der Waals surface area contributed by atoms with Crippen molar-refractivity contribution >= 4 is 57.3 Å². The fourth-order valence-electron chi connectivity index (χ4n) is 4.32. The molecule has 218 valence electrons. The number of halogens is 1. The Kier molecular flexibility index (Phi) is 10.3.